The number of pyridine rings is 1. The predicted molar refractivity (Wildman–Crippen MR) is 76.8 cm³/mol. The van der Waals surface area contributed by atoms with E-state index in [4.69, 9.17) is 9.26 Å². The van der Waals surface area contributed by atoms with Crippen LogP contribution in [0.4, 0.5) is 0 Å². The van der Waals surface area contributed by atoms with Crippen LogP contribution in [0.25, 0.3) is 0 Å². The maximum absolute atomic E-state index is 5.79. The van der Waals surface area contributed by atoms with Crippen molar-refractivity contribution in [3.05, 3.63) is 35.2 Å². The first kappa shape index (κ1) is 14.0. The van der Waals surface area contributed by atoms with Crippen LogP contribution in [0, 0.1) is 6.92 Å². The molecule has 0 radical (unpaired) electrons. The molecule has 2 aromatic rings. The highest BCUT2D eigenvalue weighted by Crippen LogP contribution is 2.22. The largest absolute Gasteiger partial charge is 0.482 e. The van der Waals surface area contributed by atoms with Gasteiger partial charge in [0.25, 0.3) is 5.89 Å². The van der Waals surface area contributed by atoms with Crippen molar-refractivity contribution in [3.8, 4) is 5.75 Å². The Kier molecular flexibility index (Phi) is 4.15. The van der Waals surface area contributed by atoms with E-state index in [2.05, 4.69) is 20.4 Å². The van der Waals surface area contributed by atoms with Crippen LogP contribution in [-0.2, 0) is 19.6 Å². The van der Waals surface area contributed by atoms with Gasteiger partial charge in [0.05, 0.1) is 5.69 Å². The van der Waals surface area contributed by atoms with E-state index in [9.17, 15) is 0 Å². The third-order valence-corrected chi connectivity index (χ3v) is 3.38. The number of hydrogen-bond donors (Lipinski definition) is 1. The molecule has 21 heavy (non-hydrogen) atoms. The monoisotopic (exact) mass is 288 g/mol. The van der Waals surface area contributed by atoms with E-state index in [-0.39, 0.29) is 6.61 Å². The molecule has 1 N–H and O–H groups in total. The molecular weight excluding hydrogens is 268 g/mol. The van der Waals surface area contributed by atoms with Crippen molar-refractivity contribution in [2.75, 3.05) is 0 Å². The van der Waals surface area contributed by atoms with E-state index < -0.39 is 0 Å². The van der Waals surface area contributed by atoms with Crippen LogP contribution in [0.5, 0.6) is 5.75 Å². The number of nitrogens with zero attached hydrogens (tertiary/aromatic N) is 3. The highest BCUT2D eigenvalue weighted by atomic mass is 16.5. The van der Waals surface area contributed by atoms with E-state index in [0.717, 1.165) is 30.1 Å². The SMILES string of the molecule is CCc1noc(COc2ccc(C)nc2CNC2CC2)n1. The van der Waals surface area contributed by atoms with Crippen molar-refractivity contribution in [3.63, 3.8) is 0 Å². The summed E-state index contributed by atoms with van der Waals surface area (Å²) in [5, 5.41) is 7.32. The summed E-state index contributed by atoms with van der Waals surface area (Å²) < 4.78 is 10.9. The van der Waals surface area contributed by atoms with Gasteiger partial charge in [0.2, 0.25) is 0 Å². The Bertz CT molecular complexity index is 607. The summed E-state index contributed by atoms with van der Waals surface area (Å²) in [6.45, 7) is 4.97. The average molecular weight is 288 g/mol. The molecule has 0 aromatic carbocycles. The molecule has 2 heterocycles. The number of ether oxygens (including phenoxy) is 1. The lowest BCUT2D eigenvalue weighted by atomic mass is 10.3. The maximum Gasteiger partial charge on any atom is 0.264 e. The van der Waals surface area contributed by atoms with Crippen molar-refractivity contribution in [1.82, 2.24) is 20.4 Å². The quantitative estimate of drug-likeness (QED) is 0.841. The van der Waals surface area contributed by atoms with Crippen LogP contribution in [0.15, 0.2) is 16.7 Å². The molecule has 1 fully saturated rings. The second-order valence-electron chi connectivity index (χ2n) is 5.30. The molecule has 6 nitrogen and oxygen atoms in total. The van der Waals surface area contributed by atoms with Gasteiger partial charge in [-0.15, -0.1) is 0 Å². The molecule has 3 rings (SSSR count). The number of aromatic nitrogens is 3. The van der Waals surface area contributed by atoms with Crippen LogP contribution < -0.4 is 10.1 Å². The molecule has 0 spiro atoms. The van der Waals surface area contributed by atoms with Gasteiger partial charge in [-0.3, -0.25) is 4.98 Å². The molecule has 0 saturated heterocycles. The number of aryl methyl sites for hydroxylation is 2. The molecule has 0 unspecified atom stereocenters. The summed E-state index contributed by atoms with van der Waals surface area (Å²) in [6, 6.07) is 4.54. The summed E-state index contributed by atoms with van der Waals surface area (Å²) in [5.41, 5.74) is 1.91. The smallest absolute Gasteiger partial charge is 0.264 e. The van der Waals surface area contributed by atoms with Crippen molar-refractivity contribution >= 4 is 0 Å². The second kappa shape index (κ2) is 6.22. The first-order chi connectivity index (χ1) is 10.2. The van der Waals surface area contributed by atoms with Crippen LogP contribution in [0.2, 0.25) is 0 Å². The summed E-state index contributed by atoms with van der Waals surface area (Å²) >= 11 is 0. The van der Waals surface area contributed by atoms with Gasteiger partial charge in [-0.1, -0.05) is 12.1 Å². The minimum atomic E-state index is 0.272. The zero-order chi connectivity index (χ0) is 14.7. The minimum absolute atomic E-state index is 0.272. The lowest BCUT2D eigenvalue weighted by Crippen LogP contribution is -2.17. The van der Waals surface area contributed by atoms with E-state index in [1.807, 2.05) is 26.0 Å². The molecule has 6 heteroatoms. The lowest BCUT2D eigenvalue weighted by molar-refractivity contribution is 0.239. The van der Waals surface area contributed by atoms with E-state index in [1.54, 1.807) is 0 Å². The van der Waals surface area contributed by atoms with Crippen LogP contribution >= 0.6 is 0 Å². The van der Waals surface area contributed by atoms with Crippen LogP contribution in [-0.4, -0.2) is 21.2 Å². The highest BCUT2D eigenvalue weighted by Gasteiger charge is 2.21. The molecule has 1 aliphatic rings. The molecule has 0 bridgehead atoms. The van der Waals surface area contributed by atoms with Crippen molar-refractivity contribution in [2.24, 2.45) is 0 Å². The molecule has 1 saturated carbocycles. The summed E-state index contributed by atoms with van der Waals surface area (Å²) in [4.78, 5) is 8.79. The van der Waals surface area contributed by atoms with Crippen LogP contribution in [0.3, 0.4) is 0 Å². The Labute approximate surface area is 123 Å². The van der Waals surface area contributed by atoms with Gasteiger partial charge in [0, 0.05) is 24.7 Å². The van der Waals surface area contributed by atoms with Crippen molar-refractivity contribution in [1.29, 1.82) is 0 Å². The van der Waals surface area contributed by atoms with Gasteiger partial charge in [-0.05, 0) is 31.9 Å². The Morgan fingerprint density at radius 2 is 2.19 bits per heavy atom. The molecule has 0 aliphatic heterocycles. The van der Waals surface area contributed by atoms with Gasteiger partial charge in [0.15, 0.2) is 12.4 Å². The van der Waals surface area contributed by atoms with Gasteiger partial charge in [0.1, 0.15) is 5.75 Å². The molecule has 0 atom stereocenters. The average Bonchev–Trinajstić information content (AvgIpc) is 3.21. The standard InChI is InChI=1S/C15H20N4O2/c1-3-14-18-15(21-19-14)9-20-13-7-4-10(2)17-12(13)8-16-11-5-6-11/h4,7,11,16H,3,5-6,8-9H2,1-2H3. The first-order valence-electron chi connectivity index (χ1n) is 7.38. The first-order valence-corrected chi connectivity index (χ1v) is 7.38. The topological polar surface area (TPSA) is 73.1 Å². The predicted octanol–water partition coefficient (Wildman–Crippen LogP) is 2.17. The van der Waals surface area contributed by atoms with Gasteiger partial charge in [-0.2, -0.15) is 4.98 Å². The summed E-state index contributed by atoms with van der Waals surface area (Å²) in [7, 11) is 0. The normalized spacial score (nSPS) is 14.4. The fourth-order valence-corrected chi connectivity index (χ4v) is 2.02. The summed E-state index contributed by atoms with van der Waals surface area (Å²) in [6.07, 6.45) is 3.26. The van der Waals surface area contributed by atoms with E-state index in [1.165, 1.54) is 12.8 Å². The van der Waals surface area contributed by atoms with Gasteiger partial charge in [-0.25, -0.2) is 0 Å². The molecule has 0 amide bonds. The lowest BCUT2D eigenvalue weighted by Gasteiger charge is -2.10. The molecule has 2 aromatic heterocycles. The fraction of sp³-hybridized carbons (Fsp3) is 0.533. The Morgan fingerprint density at radius 1 is 1.33 bits per heavy atom. The summed E-state index contributed by atoms with van der Waals surface area (Å²) in [5.74, 6) is 1.96. The number of hydrogen-bond acceptors (Lipinski definition) is 6. The van der Waals surface area contributed by atoms with Gasteiger partial charge < -0.3 is 14.6 Å². The third kappa shape index (κ3) is 3.78. The van der Waals surface area contributed by atoms with E-state index >= 15 is 0 Å². The fourth-order valence-electron chi connectivity index (χ4n) is 2.02. The van der Waals surface area contributed by atoms with Crippen molar-refractivity contribution < 1.29 is 9.26 Å². The number of rotatable bonds is 7. The second-order valence-corrected chi connectivity index (χ2v) is 5.30. The highest BCUT2D eigenvalue weighted by molar-refractivity contribution is 5.29. The Balaban J connectivity index is 1.65. The zero-order valence-corrected chi connectivity index (χ0v) is 12.4. The third-order valence-electron chi connectivity index (χ3n) is 3.38. The number of nitrogens with one attached hydrogen (secondary N) is 1. The van der Waals surface area contributed by atoms with E-state index in [0.29, 0.717) is 17.8 Å². The van der Waals surface area contributed by atoms with Gasteiger partial charge >= 0.3 is 0 Å². The van der Waals surface area contributed by atoms with Crippen molar-refractivity contribution in [2.45, 2.75) is 52.3 Å². The Morgan fingerprint density at radius 3 is 2.90 bits per heavy atom. The molecule has 1 aliphatic carbocycles. The molecular formula is C15H20N4O2. The Hall–Kier alpha value is -1.95. The maximum atomic E-state index is 5.79. The van der Waals surface area contributed by atoms with Crippen LogP contribution in [0.1, 0.15) is 42.9 Å². The zero-order valence-electron chi connectivity index (χ0n) is 12.4. The minimum Gasteiger partial charge on any atom is -0.482 e. The molecule has 112 valence electrons.